The third-order valence-electron chi connectivity index (χ3n) is 2.36. The van der Waals surface area contributed by atoms with E-state index in [9.17, 15) is 0 Å². The summed E-state index contributed by atoms with van der Waals surface area (Å²) in [4.78, 5) is 4.19. The maximum Gasteiger partial charge on any atom is 0.190 e. The Morgan fingerprint density at radius 1 is 1.06 bits per heavy atom. The first kappa shape index (κ1) is 15.6. The lowest BCUT2D eigenvalue weighted by atomic mass is 10.2. The molecule has 0 aromatic heterocycles. The Bertz CT molecular complexity index is 172. The molecule has 0 atom stereocenters. The Balaban J connectivity index is 3.38. The van der Waals surface area contributed by atoms with Gasteiger partial charge in [0.2, 0.25) is 0 Å². The van der Waals surface area contributed by atoms with Crippen LogP contribution in [0.5, 0.6) is 0 Å². The highest BCUT2D eigenvalue weighted by Gasteiger charge is 1.95. The first-order valence-electron chi connectivity index (χ1n) is 6.28. The van der Waals surface area contributed by atoms with Gasteiger partial charge in [-0.1, -0.05) is 26.2 Å². The summed E-state index contributed by atoms with van der Waals surface area (Å²) in [5.41, 5.74) is 0. The summed E-state index contributed by atoms with van der Waals surface area (Å²) in [6.07, 6.45) is 8.51. The molecular weight excluding hydrogens is 218 g/mol. The highest BCUT2D eigenvalue weighted by Crippen LogP contribution is 1.97. The van der Waals surface area contributed by atoms with Crippen molar-refractivity contribution in [2.45, 2.75) is 39.0 Å². The summed E-state index contributed by atoms with van der Waals surface area (Å²) in [6.45, 7) is 4.28. The minimum atomic E-state index is 0.942. The molecule has 2 N–H and O–H groups in total. The van der Waals surface area contributed by atoms with Crippen LogP contribution in [-0.4, -0.2) is 38.1 Å². The number of rotatable bonds is 9. The van der Waals surface area contributed by atoms with E-state index in [-0.39, 0.29) is 0 Å². The zero-order chi connectivity index (χ0) is 12.1. The molecular formula is C12H27N3S. The number of thioether (sulfide) groups is 1. The topological polar surface area (TPSA) is 36.4 Å². The molecule has 0 unspecified atom stereocenters. The van der Waals surface area contributed by atoms with Gasteiger partial charge in [-0.05, 0) is 24.9 Å². The van der Waals surface area contributed by atoms with Crippen LogP contribution in [0.15, 0.2) is 4.99 Å². The third kappa shape index (κ3) is 10.1. The fourth-order valence-corrected chi connectivity index (χ4v) is 1.84. The zero-order valence-electron chi connectivity index (χ0n) is 11.0. The van der Waals surface area contributed by atoms with Gasteiger partial charge < -0.3 is 10.6 Å². The van der Waals surface area contributed by atoms with Gasteiger partial charge in [-0.2, -0.15) is 11.8 Å². The maximum absolute atomic E-state index is 4.19. The van der Waals surface area contributed by atoms with Crippen LogP contribution in [-0.2, 0) is 0 Å². The second-order valence-electron chi connectivity index (χ2n) is 3.83. The van der Waals surface area contributed by atoms with Crippen molar-refractivity contribution in [2.75, 3.05) is 32.1 Å². The lowest BCUT2D eigenvalue weighted by Crippen LogP contribution is -2.38. The van der Waals surface area contributed by atoms with Crippen LogP contribution in [0.3, 0.4) is 0 Å². The van der Waals surface area contributed by atoms with Crippen LogP contribution in [0.25, 0.3) is 0 Å². The normalized spacial score (nSPS) is 11.6. The predicted molar refractivity (Wildman–Crippen MR) is 76.5 cm³/mol. The molecule has 3 nitrogen and oxygen atoms in total. The van der Waals surface area contributed by atoms with E-state index in [1.54, 1.807) is 0 Å². The summed E-state index contributed by atoms with van der Waals surface area (Å²) < 4.78 is 0. The number of hydrogen-bond acceptors (Lipinski definition) is 2. The summed E-state index contributed by atoms with van der Waals surface area (Å²) in [5.74, 6) is 2.15. The molecule has 0 amide bonds. The zero-order valence-corrected chi connectivity index (χ0v) is 11.8. The lowest BCUT2D eigenvalue weighted by molar-refractivity contribution is 0.646. The fraction of sp³-hybridized carbons (Fsp3) is 0.917. The van der Waals surface area contributed by atoms with Crippen molar-refractivity contribution in [3.63, 3.8) is 0 Å². The maximum atomic E-state index is 4.19. The van der Waals surface area contributed by atoms with Crippen LogP contribution in [0.2, 0.25) is 0 Å². The quantitative estimate of drug-likeness (QED) is 0.372. The Morgan fingerprint density at radius 2 is 1.75 bits per heavy atom. The molecule has 0 aromatic rings. The molecule has 0 saturated heterocycles. The van der Waals surface area contributed by atoms with Gasteiger partial charge in [0.1, 0.15) is 0 Å². The molecule has 0 spiro atoms. The van der Waals surface area contributed by atoms with E-state index in [4.69, 9.17) is 0 Å². The van der Waals surface area contributed by atoms with Gasteiger partial charge in [-0.15, -0.1) is 0 Å². The monoisotopic (exact) mass is 245 g/mol. The first-order valence-corrected chi connectivity index (χ1v) is 7.68. The van der Waals surface area contributed by atoms with Gasteiger partial charge in [-0.25, -0.2) is 0 Å². The summed E-state index contributed by atoms with van der Waals surface area (Å²) in [6, 6.07) is 0. The number of hydrogen-bond donors (Lipinski definition) is 2. The first-order chi connectivity index (χ1) is 7.85. The second-order valence-corrected chi connectivity index (χ2v) is 4.82. The van der Waals surface area contributed by atoms with E-state index in [1.165, 1.54) is 37.9 Å². The lowest BCUT2D eigenvalue weighted by Gasteiger charge is -2.11. The van der Waals surface area contributed by atoms with Crippen molar-refractivity contribution >= 4 is 17.7 Å². The van der Waals surface area contributed by atoms with Crippen molar-refractivity contribution in [2.24, 2.45) is 4.99 Å². The molecule has 0 fully saturated rings. The number of aliphatic imine (C=N–C) groups is 1. The van der Waals surface area contributed by atoms with Gasteiger partial charge >= 0.3 is 0 Å². The van der Waals surface area contributed by atoms with E-state index in [0.29, 0.717) is 0 Å². The van der Waals surface area contributed by atoms with Crippen LogP contribution < -0.4 is 10.6 Å². The van der Waals surface area contributed by atoms with Crippen molar-refractivity contribution in [1.29, 1.82) is 0 Å². The van der Waals surface area contributed by atoms with Gasteiger partial charge in [-0.3, -0.25) is 4.99 Å². The molecule has 0 bridgehead atoms. The van der Waals surface area contributed by atoms with Crippen molar-refractivity contribution in [3.8, 4) is 0 Å². The van der Waals surface area contributed by atoms with E-state index in [1.807, 2.05) is 18.8 Å². The molecule has 0 aliphatic heterocycles. The van der Waals surface area contributed by atoms with Crippen LogP contribution in [0.1, 0.15) is 39.0 Å². The van der Waals surface area contributed by atoms with Crippen LogP contribution in [0.4, 0.5) is 0 Å². The molecule has 0 heterocycles. The molecule has 0 aliphatic rings. The van der Waals surface area contributed by atoms with Crippen molar-refractivity contribution < 1.29 is 0 Å². The third-order valence-corrected chi connectivity index (χ3v) is 3.06. The molecule has 0 radical (unpaired) electrons. The molecule has 0 aliphatic carbocycles. The fourth-order valence-electron chi connectivity index (χ4n) is 1.40. The Hall–Kier alpha value is -0.380. The van der Waals surface area contributed by atoms with Crippen molar-refractivity contribution in [1.82, 2.24) is 10.6 Å². The molecule has 0 rings (SSSR count). The van der Waals surface area contributed by atoms with E-state index >= 15 is 0 Å². The van der Waals surface area contributed by atoms with Gasteiger partial charge in [0.15, 0.2) is 5.96 Å². The molecule has 0 aromatic carbocycles. The van der Waals surface area contributed by atoms with Crippen molar-refractivity contribution in [3.05, 3.63) is 0 Å². The number of nitrogens with one attached hydrogen (secondary N) is 2. The summed E-state index contributed by atoms with van der Waals surface area (Å²) >= 11 is 1.89. The molecule has 16 heavy (non-hydrogen) atoms. The number of nitrogens with zero attached hydrogens (tertiary/aromatic N) is 1. The number of unbranched alkanes of at least 4 members (excludes halogenated alkanes) is 3. The van der Waals surface area contributed by atoms with E-state index in [0.717, 1.165) is 19.0 Å². The predicted octanol–water partition coefficient (Wildman–Crippen LogP) is 2.48. The highest BCUT2D eigenvalue weighted by molar-refractivity contribution is 7.98. The van der Waals surface area contributed by atoms with Crippen LogP contribution >= 0.6 is 11.8 Å². The minimum absolute atomic E-state index is 0.942. The van der Waals surface area contributed by atoms with Crippen LogP contribution in [0, 0.1) is 0 Å². The Morgan fingerprint density at radius 3 is 2.31 bits per heavy atom. The highest BCUT2D eigenvalue weighted by atomic mass is 32.2. The molecule has 96 valence electrons. The van der Waals surface area contributed by atoms with Gasteiger partial charge in [0, 0.05) is 20.1 Å². The summed E-state index contributed by atoms with van der Waals surface area (Å²) in [7, 11) is 1.83. The average molecular weight is 245 g/mol. The Kier molecular flexibility index (Phi) is 12.4. The van der Waals surface area contributed by atoms with E-state index in [2.05, 4.69) is 28.8 Å². The number of guanidine groups is 1. The smallest absolute Gasteiger partial charge is 0.190 e. The van der Waals surface area contributed by atoms with E-state index < -0.39 is 0 Å². The largest absolute Gasteiger partial charge is 0.356 e. The molecule has 0 saturated carbocycles. The average Bonchev–Trinajstić information content (AvgIpc) is 2.31. The Labute approximate surface area is 105 Å². The second kappa shape index (κ2) is 12.7. The van der Waals surface area contributed by atoms with Gasteiger partial charge in [0.25, 0.3) is 0 Å². The standard InChI is InChI=1S/C12H27N3S/c1-4-5-6-7-9-14-12(13-2)15-10-8-11-16-3/h4-11H2,1-3H3,(H2,13,14,15). The SMILES string of the molecule is CCCCCCNC(=NC)NCCCSC. The van der Waals surface area contributed by atoms with Gasteiger partial charge in [0.05, 0.1) is 0 Å². The summed E-state index contributed by atoms with van der Waals surface area (Å²) in [5, 5.41) is 6.66. The minimum Gasteiger partial charge on any atom is -0.356 e. The molecule has 4 heteroatoms.